The van der Waals surface area contributed by atoms with Gasteiger partial charge in [0, 0.05) is 6.54 Å². The number of nitrogens with one attached hydrogen (secondary N) is 1. The fourth-order valence-corrected chi connectivity index (χ4v) is 2.76. The Bertz CT molecular complexity index is 990. The minimum Gasteiger partial charge on any atom is -0.456 e. The van der Waals surface area contributed by atoms with Gasteiger partial charge in [-0.15, -0.1) is 0 Å². The van der Waals surface area contributed by atoms with Gasteiger partial charge in [0.2, 0.25) is 0 Å². The van der Waals surface area contributed by atoms with Gasteiger partial charge in [0.25, 0.3) is 5.91 Å². The number of oxazole rings is 1. The van der Waals surface area contributed by atoms with Crippen molar-refractivity contribution in [1.82, 2.24) is 9.88 Å². The number of hydrogen-bond donors (Lipinski definition) is 1. The number of rotatable bonds is 7. The Morgan fingerprint density at radius 3 is 2.59 bits per heavy atom. The van der Waals surface area contributed by atoms with E-state index in [4.69, 9.17) is 9.15 Å². The van der Waals surface area contributed by atoms with Gasteiger partial charge in [-0.3, -0.25) is 14.2 Å². The molecule has 1 aromatic heterocycles. The summed E-state index contributed by atoms with van der Waals surface area (Å²) >= 11 is 0. The summed E-state index contributed by atoms with van der Waals surface area (Å²) in [5, 5.41) is 2.77. The second kappa shape index (κ2) is 8.35. The Labute approximate surface area is 155 Å². The molecule has 0 saturated heterocycles. The molecule has 1 amide bonds. The first-order valence-electron chi connectivity index (χ1n) is 8.63. The minimum absolute atomic E-state index is 0.0368. The summed E-state index contributed by atoms with van der Waals surface area (Å²) in [6, 6.07) is 16.3. The fourth-order valence-electron chi connectivity index (χ4n) is 2.76. The van der Waals surface area contributed by atoms with E-state index in [1.807, 2.05) is 37.3 Å². The quantitative estimate of drug-likeness (QED) is 0.647. The average molecular weight is 368 g/mol. The van der Waals surface area contributed by atoms with Crippen molar-refractivity contribution < 1.29 is 18.7 Å². The van der Waals surface area contributed by atoms with Gasteiger partial charge < -0.3 is 14.5 Å². The third kappa shape index (κ3) is 4.63. The molecule has 3 rings (SSSR count). The number of aryl methyl sites for hydroxylation is 1. The molecule has 7 nitrogen and oxygen atoms in total. The van der Waals surface area contributed by atoms with Crippen LogP contribution >= 0.6 is 0 Å². The summed E-state index contributed by atoms with van der Waals surface area (Å²) in [5.41, 5.74) is 2.04. The molecule has 0 aliphatic carbocycles. The van der Waals surface area contributed by atoms with Gasteiger partial charge in [-0.25, -0.2) is 4.79 Å². The zero-order valence-corrected chi connectivity index (χ0v) is 14.9. The van der Waals surface area contributed by atoms with Crippen LogP contribution < -0.4 is 11.1 Å². The number of carbonyl (C=O) groups excluding carboxylic acids is 2. The molecule has 0 aliphatic rings. The van der Waals surface area contributed by atoms with E-state index in [2.05, 4.69) is 5.32 Å². The summed E-state index contributed by atoms with van der Waals surface area (Å²) in [7, 11) is 0. The average Bonchev–Trinajstić information content (AvgIpc) is 3.00. The highest BCUT2D eigenvalue weighted by Gasteiger charge is 2.14. The predicted octanol–water partition coefficient (Wildman–Crippen LogP) is 2.41. The van der Waals surface area contributed by atoms with E-state index in [-0.39, 0.29) is 31.5 Å². The summed E-state index contributed by atoms with van der Waals surface area (Å²) < 4.78 is 11.5. The zero-order valence-electron chi connectivity index (χ0n) is 14.9. The first-order valence-corrected chi connectivity index (χ1v) is 8.63. The first kappa shape index (κ1) is 18.4. The lowest BCUT2D eigenvalue weighted by Gasteiger charge is -2.14. The van der Waals surface area contributed by atoms with Crippen LogP contribution in [0.5, 0.6) is 0 Å². The first-order chi connectivity index (χ1) is 13.0. The van der Waals surface area contributed by atoms with Gasteiger partial charge in [0.1, 0.15) is 0 Å². The lowest BCUT2D eigenvalue weighted by molar-refractivity contribution is -0.148. The number of aromatic nitrogens is 1. The monoisotopic (exact) mass is 368 g/mol. The van der Waals surface area contributed by atoms with Crippen molar-refractivity contribution in [2.24, 2.45) is 0 Å². The van der Waals surface area contributed by atoms with Crippen LogP contribution in [-0.2, 0) is 20.9 Å². The zero-order chi connectivity index (χ0) is 19.2. The Morgan fingerprint density at radius 2 is 1.81 bits per heavy atom. The van der Waals surface area contributed by atoms with E-state index < -0.39 is 11.7 Å². The van der Waals surface area contributed by atoms with Crippen molar-refractivity contribution in [1.29, 1.82) is 0 Å². The van der Waals surface area contributed by atoms with Crippen LogP contribution in [-0.4, -0.2) is 23.1 Å². The highest BCUT2D eigenvalue weighted by atomic mass is 16.5. The lowest BCUT2D eigenvalue weighted by Crippen LogP contribution is -2.31. The Morgan fingerprint density at radius 1 is 1.11 bits per heavy atom. The van der Waals surface area contributed by atoms with Crippen molar-refractivity contribution in [2.75, 3.05) is 6.61 Å². The highest BCUT2D eigenvalue weighted by Crippen LogP contribution is 2.12. The molecule has 27 heavy (non-hydrogen) atoms. The summed E-state index contributed by atoms with van der Waals surface area (Å²) in [4.78, 5) is 35.7. The molecule has 0 saturated carbocycles. The Kier molecular flexibility index (Phi) is 5.71. The summed E-state index contributed by atoms with van der Waals surface area (Å²) in [6.07, 6.45) is -0.0368. The van der Waals surface area contributed by atoms with Crippen molar-refractivity contribution in [3.8, 4) is 0 Å². The van der Waals surface area contributed by atoms with E-state index in [1.165, 1.54) is 4.57 Å². The van der Waals surface area contributed by atoms with Crippen LogP contribution in [0.25, 0.3) is 11.1 Å². The minimum atomic E-state index is -0.560. The van der Waals surface area contributed by atoms with E-state index in [1.54, 1.807) is 24.3 Å². The molecule has 0 radical (unpaired) electrons. The largest absolute Gasteiger partial charge is 0.456 e. The van der Waals surface area contributed by atoms with Gasteiger partial charge in [0.15, 0.2) is 12.2 Å². The SMILES string of the molecule is C[C@H](NC(=O)COC(=O)CCn1c(=O)oc2ccccc21)c1ccccc1. The van der Waals surface area contributed by atoms with Crippen LogP contribution in [0.1, 0.15) is 24.9 Å². The van der Waals surface area contributed by atoms with Crippen LogP contribution in [0.15, 0.2) is 63.8 Å². The van der Waals surface area contributed by atoms with Crippen molar-refractivity contribution >= 4 is 23.0 Å². The predicted molar refractivity (Wildman–Crippen MR) is 99.0 cm³/mol. The van der Waals surface area contributed by atoms with Gasteiger partial charge in [-0.2, -0.15) is 0 Å². The molecule has 0 spiro atoms. The topological polar surface area (TPSA) is 90.5 Å². The number of hydrogen-bond acceptors (Lipinski definition) is 5. The molecule has 1 N–H and O–H groups in total. The number of amides is 1. The van der Waals surface area contributed by atoms with E-state index >= 15 is 0 Å². The second-order valence-electron chi connectivity index (χ2n) is 6.10. The van der Waals surface area contributed by atoms with Crippen LogP contribution in [0.2, 0.25) is 0 Å². The molecule has 1 heterocycles. The number of carbonyl (C=O) groups is 2. The maximum atomic E-state index is 11.9. The molecule has 0 fully saturated rings. The molecular formula is C20H20N2O5. The van der Waals surface area contributed by atoms with Crippen LogP contribution in [0.4, 0.5) is 0 Å². The lowest BCUT2D eigenvalue weighted by atomic mass is 10.1. The van der Waals surface area contributed by atoms with Gasteiger partial charge in [-0.05, 0) is 24.6 Å². The highest BCUT2D eigenvalue weighted by molar-refractivity contribution is 5.81. The number of nitrogens with zero attached hydrogens (tertiary/aromatic N) is 1. The molecule has 7 heteroatoms. The smallest absolute Gasteiger partial charge is 0.419 e. The molecule has 2 aromatic carbocycles. The van der Waals surface area contributed by atoms with Crippen molar-refractivity contribution in [2.45, 2.75) is 25.9 Å². The van der Waals surface area contributed by atoms with Crippen molar-refractivity contribution in [3.63, 3.8) is 0 Å². The van der Waals surface area contributed by atoms with Crippen molar-refractivity contribution in [3.05, 3.63) is 70.7 Å². The third-order valence-corrected chi connectivity index (χ3v) is 4.15. The van der Waals surface area contributed by atoms with Gasteiger partial charge >= 0.3 is 11.7 Å². The van der Waals surface area contributed by atoms with E-state index in [0.717, 1.165) is 5.56 Å². The van der Waals surface area contributed by atoms with Gasteiger partial charge in [0.05, 0.1) is 18.0 Å². The second-order valence-corrected chi connectivity index (χ2v) is 6.10. The normalized spacial score (nSPS) is 11.9. The number of para-hydroxylation sites is 2. The van der Waals surface area contributed by atoms with E-state index in [0.29, 0.717) is 11.1 Å². The van der Waals surface area contributed by atoms with Crippen LogP contribution in [0, 0.1) is 0 Å². The number of esters is 1. The fraction of sp³-hybridized carbons (Fsp3) is 0.250. The number of benzene rings is 2. The molecule has 0 bridgehead atoms. The Hall–Kier alpha value is -3.35. The summed E-state index contributed by atoms with van der Waals surface area (Å²) in [5.74, 6) is -1.47. The third-order valence-electron chi connectivity index (χ3n) is 4.15. The maximum absolute atomic E-state index is 11.9. The van der Waals surface area contributed by atoms with Crippen LogP contribution in [0.3, 0.4) is 0 Å². The van der Waals surface area contributed by atoms with Gasteiger partial charge in [-0.1, -0.05) is 42.5 Å². The molecule has 1 atom stereocenters. The summed E-state index contributed by atoms with van der Waals surface area (Å²) in [6.45, 7) is 1.61. The maximum Gasteiger partial charge on any atom is 0.419 e. The molecule has 0 unspecified atom stereocenters. The van der Waals surface area contributed by atoms with E-state index in [9.17, 15) is 14.4 Å². The molecular weight excluding hydrogens is 348 g/mol. The molecule has 0 aliphatic heterocycles. The number of fused-ring (bicyclic) bond motifs is 1. The Balaban J connectivity index is 1.47. The standard InChI is InChI=1S/C20H20N2O5/c1-14(15-7-3-2-4-8-15)21-18(23)13-26-19(24)11-12-22-16-9-5-6-10-17(16)27-20(22)25/h2-10,14H,11-13H2,1H3,(H,21,23)/t14-/m0/s1. The number of ether oxygens (including phenoxy) is 1. The molecule has 140 valence electrons. The molecule has 3 aromatic rings.